The number of nitrogens with zero attached hydrogens (tertiary/aromatic N) is 2. The standard InChI is InChI=1S/C20H27N3O3S/c1-15-9-5-6-10-17(15)14-21-27(25,26)19-13-18(22(3)16(19)2)20(24)23-11-7-4-8-12-23/h5-6,9-10,13,21H,4,7-8,11-12,14H2,1-3H3. The Bertz CT molecular complexity index is 941. The Balaban J connectivity index is 1.83. The molecule has 1 saturated heterocycles. The van der Waals surface area contributed by atoms with E-state index < -0.39 is 10.0 Å². The molecule has 0 bridgehead atoms. The highest BCUT2D eigenvalue weighted by Gasteiger charge is 2.27. The SMILES string of the molecule is Cc1ccccc1CNS(=O)(=O)c1cc(C(=O)N2CCCCC2)n(C)c1C. The molecule has 0 saturated carbocycles. The van der Waals surface area contributed by atoms with Crippen LogP contribution in [0.4, 0.5) is 0 Å². The van der Waals surface area contributed by atoms with Crippen LogP contribution < -0.4 is 4.72 Å². The van der Waals surface area contributed by atoms with Crippen molar-refractivity contribution in [1.29, 1.82) is 0 Å². The van der Waals surface area contributed by atoms with Crippen molar-refractivity contribution in [2.75, 3.05) is 13.1 Å². The second-order valence-corrected chi connectivity index (χ2v) is 8.88. The van der Waals surface area contributed by atoms with E-state index in [1.54, 1.807) is 18.5 Å². The second kappa shape index (κ2) is 7.86. The zero-order chi connectivity index (χ0) is 19.6. The molecule has 27 heavy (non-hydrogen) atoms. The van der Waals surface area contributed by atoms with Gasteiger partial charge in [-0.3, -0.25) is 4.79 Å². The van der Waals surface area contributed by atoms with Crippen molar-refractivity contribution < 1.29 is 13.2 Å². The number of benzene rings is 1. The van der Waals surface area contributed by atoms with Gasteiger partial charge in [-0.05, 0) is 50.3 Å². The van der Waals surface area contributed by atoms with Gasteiger partial charge in [-0.1, -0.05) is 24.3 Å². The molecule has 1 N–H and O–H groups in total. The topological polar surface area (TPSA) is 71.4 Å². The Morgan fingerprint density at radius 2 is 1.78 bits per heavy atom. The minimum absolute atomic E-state index is 0.0966. The number of carbonyl (C=O) groups is 1. The first kappa shape index (κ1) is 19.6. The highest BCUT2D eigenvalue weighted by molar-refractivity contribution is 7.89. The van der Waals surface area contributed by atoms with E-state index in [2.05, 4.69) is 4.72 Å². The van der Waals surface area contributed by atoms with Crippen molar-refractivity contribution in [2.24, 2.45) is 7.05 Å². The number of carbonyl (C=O) groups excluding carboxylic acids is 1. The zero-order valence-corrected chi connectivity index (χ0v) is 17.0. The molecular formula is C20H27N3O3S. The van der Waals surface area contributed by atoms with Crippen LogP contribution >= 0.6 is 0 Å². The lowest BCUT2D eigenvalue weighted by molar-refractivity contribution is 0.0714. The van der Waals surface area contributed by atoms with Gasteiger partial charge in [0.1, 0.15) is 10.6 Å². The van der Waals surface area contributed by atoms with Crippen LogP contribution in [-0.2, 0) is 23.6 Å². The van der Waals surface area contributed by atoms with Gasteiger partial charge in [0.05, 0.1) is 0 Å². The summed E-state index contributed by atoms with van der Waals surface area (Å²) in [6, 6.07) is 9.17. The number of hydrogen-bond acceptors (Lipinski definition) is 3. The van der Waals surface area contributed by atoms with E-state index in [4.69, 9.17) is 0 Å². The summed E-state index contributed by atoms with van der Waals surface area (Å²) < 4.78 is 30.1. The fraction of sp³-hybridized carbons (Fsp3) is 0.450. The largest absolute Gasteiger partial charge is 0.343 e. The molecule has 0 aliphatic carbocycles. The fourth-order valence-corrected chi connectivity index (χ4v) is 4.76. The van der Waals surface area contributed by atoms with Gasteiger partial charge in [0.25, 0.3) is 5.91 Å². The van der Waals surface area contributed by atoms with Gasteiger partial charge in [0.15, 0.2) is 0 Å². The van der Waals surface area contributed by atoms with Crippen molar-refractivity contribution in [3.05, 3.63) is 52.8 Å². The molecule has 1 aliphatic rings. The molecule has 1 aliphatic heterocycles. The third-order valence-corrected chi connectivity index (χ3v) is 6.87. The van der Waals surface area contributed by atoms with E-state index >= 15 is 0 Å². The number of sulfonamides is 1. The molecule has 1 aromatic heterocycles. The molecule has 1 amide bonds. The smallest absolute Gasteiger partial charge is 0.270 e. The molecule has 1 fully saturated rings. The molecule has 0 atom stereocenters. The summed E-state index contributed by atoms with van der Waals surface area (Å²) in [6.07, 6.45) is 3.13. The van der Waals surface area contributed by atoms with Crippen LogP contribution in [0, 0.1) is 13.8 Å². The first-order chi connectivity index (χ1) is 12.8. The number of nitrogens with one attached hydrogen (secondary N) is 1. The lowest BCUT2D eigenvalue weighted by Crippen LogP contribution is -2.36. The number of aromatic nitrogens is 1. The minimum Gasteiger partial charge on any atom is -0.343 e. The van der Waals surface area contributed by atoms with Crippen LogP contribution in [-0.4, -0.2) is 36.9 Å². The number of rotatable bonds is 5. The molecule has 6 nitrogen and oxygen atoms in total. The van der Waals surface area contributed by atoms with Gasteiger partial charge in [-0.2, -0.15) is 0 Å². The van der Waals surface area contributed by atoms with E-state index in [1.165, 1.54) is 6.07 Å². The number of hydrogen-bond donors (Lipinski definition) is 1. The van der Waals surface area contributed by atoms with Gasteiger partial charge in [0, 0.05) is 32.4 Å². The fourth-order valence-electron chi connectivity index (χ4n) is 3.47. The van der Waals surface area contributed by atoms with Gasteiger partial charge >= 0.3 is 0 Å². The van der Waals surface area contributed by atoms with E-state index in [-0.39, 0.29) is 17.3 Å². The first-order valence-corrected chi connectivity index (χ1v) is 10.8. The second-order valence-electron chi connectivity index (χ2n) is 7.14. The maximum absolute atomic E-state index is 12.9. The summed E-state index contributed by atoms with van der Waals surface area (Å²) in [4.78, 5) is 14.8. The average Bonchev–Trinajstić information content (AvgIpc) is 2.97. The molecular weight excluding hydrogens is 362 g/mol. The third kappa shape index (κ3) is 4.09. The van der Waals surface area contributed by atoms with Crippen molar-refractivity contribution in [3.63, 3.8) is 0 Å². The summed E-state index contributed by atoms with van der Waals surface area (Å²) in [5.41, 5.74) is 2.95. The molecule has 0 unspecified atom stereocenters. The molecule has 0 radical (unpaired) electrons. The van der Waals surface area contributed by atoms with E-state index in [0.717, 1.165) is 43.5 Å². The monoisotopic (exact) mass is 389 g/mol. The van der Waals surface area contributed by atoms with Gasteiger partial charge in [-0.15, -0.1) is 0 Å². The molecule has 0 spiro atoms. The van der Waals surface area contributed by atoms with E-state index in [9.17, 15) is 13.2 Å². The number of likely N-dealkylation sites (tertiary alicyclic amines) is 1. The Kier molecular flexibility index (Phi) is 5.72. The highest BCUT2D eigenvalue weighted by Crippen LogP contribution is 2.22. The van der Waals surface area contributed by atoms with Crippen molar-refractivity contribution in [2.45, 2.75) is 44.6 Å². The zero-order valence-electron chi connectivity index (χ0n) is 16.2. The molecule has 146 valence electrons. The van der Waals surface area contributed by atoms with Gasteiger partial charge in [0.2, 0.25) is 10.0 Å². The summed E-state index contributed by atoms with van der Waals surface area (Å²) >= 11 is 0. The maximum Gasteiger partial charge on any atom is 0.270 e. The highest BCUT2D eigenvalue weighted by atomic mass is 32.2. The lowest BCUT2D eigenvalue weighted by Gasteiger charge is -2.26. The summed E-state index contributed by atoms with van der Waals surface area (Å²) in [5.74, 6) is -0.0966. The Morgan fingerprint density at radius 1 is 1.11 bits per heavy atom. The molecule has 2 heterocycles. The normalized spacial score (nSPS) is 15.1. The van der Waals surface area contributed by atoms with Crippen LogP contribution in [0.15, 0.2) is 35.2 Å². The Morgan fingerprint density at radius 3 is 2.44 bits per heavy atom. The maximum atomic E-state index is 12.9. The van der Waals surface area contributed by atoms with Crippen molar-refractivity contribution >= 4 is 15.9 Å². The molecule has 2 aromatic rings. The molecule has 3 rings (SSSR count). The van der Waals surface area contributed by atoms with Crippen LogP contribution in [0.2, 0.25) is 0 Å². The van der Waals surface area contributed by atoms with Gasteiger partial charge in [-0.25, -0.2) is 13.1 Å². The quantitative estimate of drug-likeness (QED) is 0.855. The molecule has 7 heteroatoms. The Labute approximate surface area is 161 Å². The average molecular weight is 390 g/mol. The van der Waals surface area contributed by atoms with Crippen LogP contribution in [0.3, 0.4) is 0 Å². The number of aryl methyl sites for hydroxylation is 1. The number of amides is 1. The van der Waals surface area contributed by atoms with E-state index in [0.29, 0.717) is 11.4 Å². The minimum atomic E-state index is -3.71. The van der Waals surface area contributed by atoms with Crippen LogP contribution in [0.5, 0.6) is 0 Å². The van der Waals surface area contributed by atoms with E-state index in [1.807, 2.05) is 36.1 Å². The third-order valence-electron chi connectivity index (χ3n) is 5.35. The van der Waals surface area contributed by atoms with Gasteiger partial charge < -0.3 is 9.47 Å². The van der Waals surface area contributed by atoms with Crippen molar-refractivity contribution in [3.8, 4) is 0 Å². The van der Waals surface area contributed by atoms with Crippen LogP contribution in [0.1, 0.15) is 46.6 Å². The van der Waals surface area contributed by atoms with Crippen LogP contribution in [0.25, 0.3) is 0 Å². The summed E-state index contributed by atoms with van der Waals surface area (Å²) in [6.45, 7) is 5.37. The number of piperidine rings is 1. The molecule has 1 aromatic carbocycles. The summed E-state index contributed by atoms with van der Waals surface area (Å²) in [7, 11) is -1.97. The summed E-state index contributed by atoms with van der Waals surface area (Å²) in [5, 5.41) is 0. The lowest BCUT2D eigenvalue weighted by atomic mass is 10.1. The Hall–Kier alpha value is -2.12. The van der Waals surface area contributed by atoms with Crippen molar-refractivity contribution in [1.82, 2.24) is 14.2 Å². The predicted molar refractivity (Wildman–Crippen MR) is 105 cm³/mol. The first-order valence-electron chi connectivity index (χ1n) is 9.31. The predicted octanol–water partition coefficient (Wildman–Crippen LogP) is 2.75.